The second-order valence-corrected chi connectivity index (χ2v) is 5.47. The van der Waals surface area contributed by atoms with E-state index >= 15 is 0 Å². The summed E-state index contributed by atoms with van der Waals surface area (Å²) in [5, 5.41) is 4.45. The minimum Gasteiger partial charge on any atom is -0.423 e. The molecular formula is C16H20N2O2. The summed E-state index contributed by atoms with van der Waals surface area (Å²) in [6.45, 7) is 7.00. The van der Waals surface area contributed by atoms with E-state index in [1.54, 1.807) is 6.07 Å². The molecule has 0 saturated carbocycles. The largest absolute Gasteiger partial charge is 0.423 e. The highest BCUT2D eigenvalue weighted by molar-refractivity contribution is 5.80. The van der Waals surface area contributed by atoms with Crippen LogP contribution in [0.3, 0.4) is 0 Å². The van der Waals surface area contributed by atoms with Crippen LogP contribution in [0.2, 0.25) is 0 Å². The van der Waals surface area contributed by atoms with Gasteiger partial charge in [-0.1, -0.05) is 12.1 Å². The van der Waals surface area contributed by atoms with Crippen molar-refractivity contribution in [3.63, 3.8) is 0 Å². The summed E-state index contributed by atoms with van der Waals surface area (Å²) in [6.07, 6.45) is 1.15. The maximum Gasteiger partial charge on any atom is 0.336 e. The predicted octanol–water partition coefficient (Wildman–Crippen LogP) is 1.90. The minimum atomic E-state index is -0.258. The lowest BCUT2D eigenvalue weighted by Gasteiger charge is -2.20. The number of nitrogens with zero attached hydrogens (tertiary/aromatic N) is 1. The molecule has 0 spiro atoms. The molecule has 1 aromatic carbocycles. The van der Waals surface area contributed by atoms with E-state index in [4.69, 9.17) is 4.42 Å². The standard InChI is InChI=1S/C16H20N2O2/c1-12-3-4-14-13(10-16(19)20-15(14)9-12)11-18-7-2-5-17-6-8-18/h3-4,9-10,17H,2,5-8,11H2,1H3. The molecule has 4 heteroatoms. The summed E-state index contributed by atoms with van der Waals surface area (Å²) in [5.41, 5.74) is 2.61. The maximum atomic E-state index is 11.7. The van der Waals surface area contributed by atoms with Crippen LogP contribution in [-0.2, 0) is 6.54 Å². The van der Waals surface area contributed by atoms with E-state index in [1.807, 2.05) is 13.0 Å². The number of nitrogens with one attached hydrogen (secondary N) is 1. The number of hydrogen-bond donors (Lipinski definition) is 1. The van der Waals surface area contributed by atoms with E-state index in [-0.39, 0.29) is 5.63 Å². The Kier molecular flexibility index (Phi) is 3.85. The van der Waals surface area contributed by atoms with Crippen molar-refractivity contribution in [3.8, 4) is 0 Å². The normalized spacial score (nSPS) is 17.2. The monoisotopic (exact) mass is 272 g/mol. The molecular weight excluding hydrogens is 252 g/mol. The van der Waals surface area contributed by atoms with Gasteiger partial charge in [-0.2, -0.15) is 0 Å². The Bertz CT molecular complexity index is 655. The second-order valence-electron chi connectivity index (χ2n) is 5.47. The first-order valence-electron chi connectivity index (χ1n) is 7.19. The second kappa shape index (κ2) is 5.77. The lowest BCUT2D eigenvalue weighted by atomic mass is 10.1. The van der Waals surface area contributed by atoms with Crippen LogP contribution in [-0.4, -0.2) is 31.1 Å². The van der Waals surface area contributed by atoms with Gasteiger partial charge in [-0.15, -0.1) is 0 Å². The highest BCUT2D eigenvalue weighted by Gasteiger charge is 2.12. The molecule has 1 fully saturated rings. The topological polar surface area (TPSA) is 45.5 Å². The van der Waals surface area contributed by atoms with Crippen molar-refractivity contribution < 1.29 is 4.42 Å². The van der Waals surface area contributed by atoms with Crippen molar-refractivity contribution >= 4 is 11.0 Å². The first-order chi connectivity index (χ1) is 9.72. The van der Waals surface area contributed by atoms with Gasteiger partial charge >= 0.3 is 5.63 Å². The van der Waals surface area contributed by atoms with E-state index in [9.17, 15) is 4.79 Å². The summed E-state index contributed by atoms with van der Waals surface area (Å²) in [6, 6.07) is 7.69. The summed E-state index contributed by atoms with van der Waals surface area (Å²) >= 11 is 0. The smallest absolute Gasteiger partial charge is 0.336 e. The molecule has 0 radical (unpaired) electrons. The molecule has 1 aliphatic heterocycles. The van der Waals surface area contributed by atoms with Gasteiger partial charge in [0.1, 0.15) is 5.58 Å². The lowest BCUT2D eigenvalue weighted by molar-refractivity contribution is 0.285. The van der Waals surface area contributed by atoms with Crippen LogP contribution < -0.4 is 10.9 Å². The van der Waals surface area contributed by atoms with Crippen LogP contribution in [0, 0.1) is 6.92 Å². The summed E-state index contributed by atoms with van der Waals surface area (Å²) < 4.78 is 5.31. The molecule has 2 heterocycles. The number of fused-ring (bicyclic) bond motifs is 1. The summed E-state index contributed by atoms with van der Waals surface area (Å²) in [4.78, 5) is 14.1. The van der Waals surface area contributed by atoms with Crippen LogP contribution >= 0.6 is 0 Å². The molecule has 0 unspecified atom stereocenters. The van der Waals surface area contributed by atoms with Gasteiger partial charge in [-0.05, 0) is 43.6 Å². The van der Waals surface area contributed by atoms with Gasteiger partial charge in [0.2, 0.25) is 0 Å². The molecule has 106 valence electrons. The van der Waals surface area contributed by atoms with Crippen molar-refractivity contribution in [2.45, 2.75) is 19.9 Å². The first-order valence-corrected chi connectivity index (χ1v) is 7.19. The Morgan fingerprint density at radius 2 is 2.15 bits per heavy atom. The molecule has 2 aromatic rings. The molecule has 20 heavy (non-hydrogen) atoms. The van der Waals surface area contributed by atoms with E-state index in [1.165, 1.54) is 0 Å². The van der Waals surface area contributed by atoms with Gasteiger partial charge in [0.15, 0.2) is 0 Å². The predicted molar refractivity (Wildman–Crippen MR) is 80.0 cm³/mol. The van der Waals surface area contributed by atoms with Gasteiger partial charge < -0.3 is 9.73 Å². The van der Waals surface area contributed by atoms with E-state index in [0.29, 0.717) is 5.58 Å². The molecule has 1 aromatic heterocycles. The lowest BCUT2D eigenvalue weighted by Crippen LogP contribution is -2.28. The Balaban J connectivity index is 1.95. The molecule has 0 amide bonds. The molecule has 1 saturated heterocycles. The van der Waals surface area contributed by atoms with E-state index < -0.39 is 0 Å². The summed E-state index contributed by atoms with van der Waals surface area (Å²) in [5.74, 6) is 0. The Hall–Kier alpha value is -1.65. The third kappa shape index (κ3) is 2.92. The van der Waals surface area contributed by atoms with Crippen molar-refractivity contribution in [1.82, 2.24) is 10.2 Å². The van der Waals surface area contributed by atoms with Crippen molar-refractivity contribution in [2.75, 3.05) is 26.2 Å². The Labute approximate surface area is 118 Å². The number of hydrogen-bond acceptors (Lipinski definition) is 4. The van der Waals surface area contributed by atoms with E-state index in [2.05, 4.69) is 22.3 Å². The zero-order valence-corrected chi connectivity index (χ0v) is 11.8. The van der Waals surface area contributed by atoms with Crippen LogP contribution in [0.1, 0.15) is 17.5 Å². The fourth-order valence-electron chi connectivity index (χ4n) is 2.77. The first kappa shape index (κ1) is 13.3. The van der Waals surface area contributed by atoms with Crippen LogP contribution in [0.5, 0.6) is 0 Å². The van der Waals surface area contributed by atoms with Gasteiger partial charge in [0.25, 0.3) is 0 Å². The number of rotatable bonds is 2. The van der Waals surface area contributed by atoms with Crippen LogP contribution in [0.4, 0.5) is 0 Å². The molecule has 0 atom stereocenters. The molecule has 4 nitrogen and oxygen atoms in total. The van der Waals surface area contributed by atoms with Gasteiger partial charge in [-0.3, -0.25) is 4.90 Å². The Morgan fingerprint density at radius 1 is 1.25 bits per heavy atom. The van der Waals surface area contributed by atoms with Crippen molar-refractivity contribution in [2.24, 2.45) is 0 Å². The molecule has 0 bridgehead atoms. The molecule has 1 aliphatic rings. The van der Waals surface area contributed by atoms with E-state index in [0.717, 1.165) is 55.7 Å². The quantitative estimate of drug-likeness (QED) is 0.848. The molecule has 0 aliphatic carbocycles. The average molecular weight is 272 g/mol. The van der Waals surface area contributed by atoms with Crippen LogP contribution in [0.25, 0.3) is 11.0 Å². The summed E-state index contributed by atoms with van der Waals surface area (Å²) in [7, 11) is 0. The fourth-order valence-corrected chi connectivity index (χ4v) is 2.77. The van der Waals surface area contributed by atoms with Gasteiger partial charge in [0.05, 0.1) is 0 Å². The number of benzene rings is 1. The third-order valence-corrected chi connectivity index (χ3v) is 3.81. The zero-order chi connectivity index (χ0) is 13.9. The third-order valence-electron chi connectivity index (χ3n) is 3.81. The fraction of sp³-hybridized carbons (Fsp3) is 0.438. The minimum absolute atomic E-state index is 0.258. The Morgan fingerprint density at radius 3 is 3.05 bits per heavy atom. The molecule has 1 N–H and O–H groups in total. The van der Waals surface area contributed by atoms with Gasteiger partial charge in [-0.25, -0.2) is 4.79 Å². The average Bonchev–Trinajstić information content (AvgIpc) is 2.66. The molecule has 3 rings (SSSR count). The van der Waals surface area contributed by atoms with Crippen LogP contribution in [0.15, 0.2) is 33.5 Å². The van der Waals surface area contributed by atoms with Gasteiger partial charge in [0, 0.05) is 31.1 Å². The number of aryl methyl sites for hydroxylation is 1. The maximum absolute atomic E-state index is 11.7. The SMILES string of the molecule is Cc1ccc2c(CN3CCCNCC3)cc(=O)oc2c1. The van der Waals surface area contributed by atoms with Crippen molar-refractivity contribution in [1.29, 1.82) is 0 Å². The highest BCUT2D eigenvalue weighted by Crippen LogP contribution is 2.20. The van der Waals surface area contributed by atoms with Crippen molar-refractivity contribution in [3.05, 3.63) is 45.8 Å². The highest BCUT2D eigenvalue weighted by atomic mass is 16.4. The zero-order valence-electron chi connectivity index (χ0n) is 11.8.